The third-order valence-corrected chi connectivity index (χ3v) is 5.46. The van der Waals surface area contributed by atoms with E-state index in [0.29, 0.717) is 6.04 Å². The monoisotopic (exact) mass is 272 g/mol. The van der Waals surface area contributed by atoms with Crippen LogP contribution in [0.5, 0.6) is 5.75 Å². The molecular weight excluding hydrogens is 248 g/mol. The third-order valence-electron chi connectivity index (χ3n) is 5.46. The maximum atomic E-state index is 6.21. The maximum Gasteiger partial charge on any atom is 0.122 e. The molecule has 0 aromatic heterocycles. The number of likely N-dealkylation sites (tertiary alicyclic amines) is 1. The summed E-state index contributed by atoms with van der Waals surface area (Å²) in [6, 6.07) is 7.17. The van der Waals surface area contributed by atoms with Gasteiger partial charge in [0.1, 0.15) is 5.75 Å². The van der Waals surface area contributed by atoms with E-state index in [1.54, 1.807) is 0 Å². The molecule has 3 aliphatic rings. The van der Waals surface area contributed by atoms with E-state index in [1.165, 1.54) is 43.6 Å². The average molecular weight is 272 g/mol. The minimum Gasteiger partial charge on any atom is -0.493 e. The third kappa shape index (κ3) is 2.23. The standard InChI is InChI=1S/C17H24N2O/c18-16-3-2-14-10-19(11-15(14)16)7-5-12-1-4-17-13(9-12)6-8-20-17/h1,4,9,14-16H,2-3,5-8,10-11,18H2. The van der Waals surface area contributed by atoms with Gasteiger partial charge in [0.2, 0.25) is 0 Å². The van der Waals surface area contributed by atoms with Gasteiger partial charge in [-0.25, -0.2) is 0 Å². The Balaban J connectivity index is 1.35. The molecule has 1 saturated heterocycles. The summed E-state index contributed by atoms with van der Waals surface area (Å²) < 4.78 is 5.57. The summed E-state index contributed by atoms with van der Waals surface area (Å²) in [5.41, 5.74) is 9.06. The predicted molar refractivity (Wildman–Crippen MR) is 80.0 cm³/mol. The first-order chi connectivity index (χ1) is 9.79. The summed E-state index contributed by atoms with van der Waals surface area (Å²) in [6.07, 6.45) is 4.82. The number of nitrogens with two attached hydrogens (primary N) is 1. The van der Waals surface area contributed by atoms with Crippen LogP contribution in [0.4, 0.5) is 0 Å². The Morgan fingerprint density at radius 1 is 1.25 bits per heavy atom. The molecule has 0 bridgehead atoms. The molecule has 1 saturated carbocycles. The van der Waals surface area contributed by atoms with Crippen molar-refractivity contribution < 1.29 is 4.74 Å². The van der Waals surface area contributed by atoms with Crippen LogP contribution in [0.3, 0.4) is 0 Å². The van der Waals surface area contributed by atoms with Crippen LogP contribution >= 0.6 is 0 Å². The normalized spacial score (nSPS) is 32.1. The Hall–Kier alpha value is -1.06. The summed E-state index contributed by atoms with van der Waals surface area (Å²) in [5, 5.41) is 0. The van der Waals surface area contributed by atoms with Crippen LogP contribution in [0.2, 0.25) is 0 Å². The summed E-state index contributed by atoms with van der Waals surface area (Å²) >= 11 is 0. The van der Waals surface area contributed by atoms with E-state index < -0.39 is 0 Å². The first-order valence-corrected chi connectivity index (χ1v) is 8.02. The van der Waals surface area contributed by atoms with Crippen LogP contribution in [0.25, 0.3) is 0 Å². The summed E-state index contributed by atoms with van der Waals surface area (Å²) in [4.78, 5) is 2.62. The summed E-state index contributed by atoms with van der Waals surface area (Å²) in [6.45, 7) is 4.53. The molecule has 0 amide bonds. The van der Waals surface area contributed by atoms with E-state index >= 15 is 0 Å². The minimum atomic E-state index is 0.460. The van der Waals surface area contributed by atoms with Gasteiger partial charge in [0.25, 0.3) is 0 Å². The molecule has 0 radical (unpaired) electrons. The largest absolute Gasteiger partial charge is 0.493 e. The lowest BCUT2D eigenvalue weighted by atomic mass is 9.98. The highest BCUT2D eigenvalue weighted by Crippen LogP contribution is 2.37. The Morgan fingerprint density at radius 3 is 3.10 bits per heavy atom. The molecule has 20 heavy (non-hydrogen) atoms. The van der Waals surface area contributed by atoms with E-state index in [-0.39, 0.29) is 0 Å². The lowest BCUT2D eigenvalue weighted by molar-refractivity contribution is 0.309. The maximum absolute atomic E-state index is 6.21. The van der Waals surface area contributed by atoms with Crippen molar-refractivity contribution in [3.63, 3.8) is 0 Å². The number of rotatable bonds is 3. The Morgan fingerprint density at radius 2 is 2.20 bits per heavy atom. The fraction of sp³-hybridized carbons (Fsp3) is 0.647. The van der Waals surface area contributed by atoms with Crippen LogP contribution in [-0.4, -0.2) is 37.2 Å². The lowest BCUT2D eigenvalue weighted by Gasteiger charge is -2.18. The zero-order valence-corrected chi connectivity index (χ0v) is 12.1. The summed E-state index contributed by atoms with van der Waals surface area (Å²) in [5.74, 6) is 2.73. The molecule has 2 N–H and O–H groups in total. The second-order valence-electron chi connectivity index (χ2n) is 6.72. The molecule has 0 spiro atoms. The van der Waals surface area contributed by atoms with Gasteiger partial charge in [0.05, 0.1) is 6.61 Å². The van der Waals surface area contributed by atoms with Gasteiger partial charge >= 0.3 is 0 Å². The van der Waals surface area contributed by atoms with Crippen LogP contribution in [0.1, 0.15) is 24.0 Å². The second-order valence-corrected chi connectivity index (χ2v) is 6.72. The second kappa shape index (κ2) is 5.05. The van der Waals surface area contributed by atoms with Crippen molar-refractivity contribution in [2.75, 3.05) is 26.2 Å². The lowest BCUT2D eigenvalue weighted by Crippen LogP contribution is -2.31. The van der Waals surface area contributed by atoms with E-state index in [2.05, 4.69) is 23.1 Å². The van der Waals surface area contributed by atoms with Crippen LogP contribution in [0, 0.1) is 11.8 Å². The van der Waals surface area contributed by atoms with E-state index in [0.717, 1.165) is 37.0 Å². The fourth-order valence-electron chi connectivity index (χ4n) is 4.26. The molecule has 4 rings (SSSR count). The van der Waals surface area contributed by atoms with Crippen molar-refractivity contribution in [2.24, 2.45) is 17.6 Å². The highest BCUT2D eigenvalue weighted by atomic mass is 16.5. The highest BCUT2D eigenvalue weighted by molar-refractivity contribution is 5.39. The van der Waals surface area contributed by atoms with Gasteiger partial charge in [-0.2, -0.15) is 0 Å². The number of ether oxygens (including phenoxy) is 1. The molecule has 2 heterocycles. The molecule has 108 valence electrons. The zero-order valence-electron chi connectivity index (χ0n) is 12.1. The van der Waals surface area contributed by atoms with Crippen molar-refractivity contribution >= 4 is 0 Å². The van der Waals surface area contributed by atoms with Gasteiger partial charge < -0.3 is 15.4 Å². The fourth-order valence-corrected chi connectivity index (χ4v) is 4.26. The molecule has 3 heteroatoms. The highest BCUT2D eigenvalue weighted by Gasteiger charge is 2.40. The Bertz CT molecular complexity index is 502. The van der Waals surface area contributed by atoms with Crippen molar-refractivity contribution in [1.82, 2.24) is 4.90 Å². The van der Waals surface area contributed by atoms with Crippen LogP contribution in [0.15, 0.2) is 18.2 Å². The van der Waals surface area contributed by atoms with Crippen LogP contribution < -0.4 is 10.5 Å². The minimum absolute atomic E-state index is 0.460. The number of nitrogens with zero attached hydrogens (tertiary/aromatic N) is 1. The van der Waals surface area contributed by atoms with Gasteiger partial charge in [0, 0.05) is 32.1 Å². The predicted octanol–water partition coefficient (Wildman–Crippen LogP) is 1.83. The molecule has 2 fully saturated rings. The van der Waals surface area contributed by atoms with Gasteiger partial charge in [0.15, 0.2) is 0 Å². The zero-order chi connectivity index (χ0) is 13.5. The molecule has 1 aromatic carbocycles. The Kier molecular flexibility index (Phi) is 3.20. The topological polar surface area (TPSA) is 38.5 Å². The first kappa shape index (κ1) is 12.7. The van der Waals surface area contributed by atoms with Gasteiger partial charge in [-0.05, 0) is 48.3 Å². The van der Waals surface area contributed by atoms with Crippen molar-refractivity contribution in [3.8, 4) is 5.75 Å². The van der Waals surface area contributed by atoms with Crippen molar-refractivity contribution in [1.29, 1.82) is 0 Å². The molecule has 3 atom stereocenters. The van der Waals surface area contributed by atoms with E-state index in [4.69, 9.17) is 10.5 Å². The quantitative estimate of drug-likeness (QED) is 0.912. The summed E-state index contributed by atoms with van der Waals surface area (Å²) in [7, 11) is 0. The Labute approximate surface area is 121 Å². The van der Waals surface area contributed by atoms with E-state index in [1.807, 2.05) is 0 Å². The van der Waals surface area contributed by atoms with Crippen molar-refractivity contribution in [3.05, 3.63) is 29.3 Å². The number of benzene rings is 1. The van der Waals surface area contributed by atoms with Gasteiger partial charge in [-0.3, -0.25) is 0 Å². The number of hydrogen-bond donors (Lipinski definition) is 1. The van der Waals surface area contributed by atoms with Gasteiger partial charge in [-0.15, -0.1) is 0 Å². The molecule has 2 aliphatic heterocycles. The average Bonchev–Trinajstić information content (AvgIpc) is 3.14. The molecular formula is C17H24N2O. The van der Waals surface area contributed by atoms with Crippen molar-refractivity contribution in [2.45, 2.75) is 31.7 Å². The first-order valence-electron chi connectivity index (χ1n) is 8.02. The molecule has 1 aromatic rings. The molecule has 3 unspecified atom stereocenters. The van der Waals surface area contributed by atoms with Gasteiger partial charge in [-0.1, -0.05) is 12.1 Å². The van der Waals surface area contributed by atoms with E-state index in [9.17, 15) is 0 Å². The molecule has 3 nitrogen and oxygen atoms in total. The SMILES string of the molecule is NC1CCC2CN(CCc3ccc4c(c3)CCO4)CC12. The van der Waals surface area contributed by atoms with Crippen LogP contribution in [-0.2, 0) is 12.8 Å². The number of fused-ring (bicyclic) bond motifs is 2. The smallest absolute Gasteiger partial charge is 0.122 e. The molecule has 1 aliphatic carbocycles. The number of hydrogen-bond acceptors (Lipinski definition) is 3.